The number of ether oxygens (including phenoxy) is 1. The van der Waals surface area contributed by atoms with E-state index in [2.05, 4.69) is 16.0 Å². The van der Waals surface area contributed by atoms with E-state index in [1.165, 1.54) is 0 Å². The predicted molar refractivity (Wildman–Crippen MR) is 65.9 cm³/mol. The molecule has 2 atom stereocenters. The molecule has 1 saturated carbocycles. The molecule has 2 rings (SSSR count). The van der Waals surface area contributed by atoms with Crippen LogP contribution < -0.4 is 16.0 Å². The normalized spacial score (nSPS) is 26.9. The first-order valence-electron chi connectivity index (χ1n) is 6.53. The van der Waals surface area contributed by atoms with Gasteiger partial charge in [-0.3, -0.25) is 9.59 Å². The zero-order valence-corrected chi connectivity index (χ0v) is 10.7. The van der Waals surface area contributed by atoms with Crippen molar-refractivity contribution in [1.29, 1.82) is 0 Å². The van der Waals surface area contributed by atoms with Crippen LogP contribution >= 0.6 is 0 Å². The van der Waals surface area contributed by atoms with E-state index in [0.29, 0.717) is 26.3 Å². The number of hydrogen-bond donors (Lipinski definition) is 3. The molecule has 6 heteroatoms. The van der Waals surface area contributed by atoms with Crippen LogP contribution in [0, 0.1) is 11.8 Å². The smallest absolute Gasteiger partial charge is 0.227 e. The standard InChI is InChI=1S/C12H21N3O3/c1-13-10-7-18-6-9(10)12(17)15-5-4-14-11(16)8-2-3-8/h8-10,13H,2-7H2,1H3,(H,14,16)(H,15,17). The third kappa shape index (κ3) is 3.43. The lowest BCUT2D eigenvalue weighted by Gasteiger charge is -2.16. The van der Waals surface area contributed by atoms with Crippen molar-refractivity contribution >= 4 is 11.8 Å². The first kappa shape index (κ1) is 13.3. The quantitative estimate of drug-likeness (QED) is 0.524. The summed E-state index contributed by atoms with van der Waals surface area (Å²) >= 11 is 0. The van der Waals surface area contributed by atoms with Gasteiger partial charge in [-0.1, -0.05) is 0 Å². The Bertz CT molecular complexity index is 318. The minimum Gasteiger partial charge on any atom is -0.379 e. The number of nitrogens with one attached hydrogen (secondary N) is 3. The van der Waals surface area contributed by atoms with Gasteiger partial charge in [0.1, 0.15) is 0 Å². The molecule has 18 heavy (non-hydrogen) atoms. The molecule has 2 aliphatic rings. The van der Waals surface area contributed by atoms with Crippen molar-refractivity contribution in [3.8, 4) is 0 Å². The number of amides is 2. The molecule has 6 nitrogen and oxygen atoms in total. The number of carbonyl (C=O) groups is 2. The van der Waals surface area contributed by atoms with Gasteiger partial charge in [0, 0.05) is 25.0 Å². The van der Waals surface area contributed by atoms with E-state index >= 15 is 0 Å². The Hall–Kier alpha value is -1.14. The fourth-order valence-corrected chi connectivity index (χ4v) is 2.09. The molecular formula is C12H21N3O3. The van der Waals surface area contributed by atoms with Crippen LogP contribution in [0.15, 0.2) is 0 Å². The highest BCUT2D eigenvalue weighted by molar-refractivity contribution is 5.81. The second-order valence-corrected chi connectivity index (χ2v) is 4.90. The zero-order chi connectivity index (χ0) is 13.0. The predicted octanol–water partition coefficient (Wildman–Crippen LogP) is -1.14. The first-order valence-corrected chi connectivity index (χ1v) is 6.53. The second kappa shape index (κ2) is 6.15. The molecule has 1 heterocycles. The molecule has 102 valence electrons. The fraction of sp³-hybridized carbons (Fsp3) is 0.833. The minimum atomic E-state index is -0.130. The molecule has 2 fully saturated rings. The Morgan fingerprint density at radius 1 is 1.11 bits per heavy atom. The summed E-state index contributed by atoms with van der Waals surface area (Å²) < 4.78 is 5.27. The maximum Gasteiger partial charge on any atom is 0.227 e. The molecule has 0 bridgehead atoms. The highest BCUT2D eigenvalue weighted by Crippen LogP contribution is 2.28. The SMILES string of the molecule is CNC1COCC1C(=O)NCCNC(=O)C1CC1. The van der Waals surface area contributed by atoms with Gasteiger partial charge in [-0.25, -0.2) is 0 Å². The topological polar surface area (TPSA) is 79.5 Å². The molecule has 0 aromatic rings. The van der Waals surface area contributed by atoms with Crippen LogP contribution in [-0.2, 0) is 14.3 Å². The molecular weight excluding hydrogens is 234 g/mol. The molecule has 0 aromatic heterocycles. The van der Waals surface area contributed by atoms with Gasteiger partial charge in [-0.2, -0.15) is 0 Å². The van der Waals surface area contributed by atoms with Crippen LogP contribution in [0.5, 0.6) is 0 Å². The Morgan fingerprint density at radius 3 is 2.39 bits per heavy atom. The molecule has 2 amide bonds. The summed E-state index contributed by atoms with van der Waals surface area (Å²) in [5.41, 5.74) is 0. The minimum absolute atomic E-state index is 0.00693. The summed E-state index contributed by atoms with van der Waals surface area (Å²) in [5.74, 6) is 0.195. The summed E-state index contributed by atoms with van der Waals surface area (Å²) in [6, 6.07) is 0.0889. The summed E-state index contributed by atoms with van der Waals surface area (Å²) in [6.07, 6.45) is 2.00. The number of likely N-dealkylation sites (N-methyl/N-ethyl adjacent to an activating group) is 1. The van der Waals surface area contributed by atoms with Gasteiger partial charge >= 0.3 is 0 Å². The Morgan fingerprint density at radius 2 is 1.78 bits per heavy atom. The lowest BCUT2D eigenvalue weighted by molar-refractivity contribution is -0.126. The van der Waals surface area contributed by atoms with Gasteiger partial charge < -0.3 is 20.7 Å². The largest absolute Gasteiger partial charge is 0.379 e. The van der Waals surface area contributed by atoms with E-state index in [9.17, 15) is 9.59 Å². The molecule has 0 spiro atoms. The Balaban J connectivity index is 1.60. The molecule has 0 radical (unpaired) electrons. The summed E-state index contributed by atoms with van der Waals surface area (Å²) in [5, 5.41) is 8.72. The molecule has 1 saturated heterocycles. The maximum atomic E-state index is 11.9. The van der Waals surface area contributed by atoms with Crippen molar-refractivity contribution in [1.82, 2.24) is 16.0 Å². The van der Waals surface area contributed by atoms with Gasteiger partial charge in [-0.15, -0.1) is 0 Å². The number of rotatable bonds is 6. The lowest BCUT2D eigenvalue weighted by Crippen LogP contribution is -2.44. The van der Waals surface area contributed by atoms with Crippen molar-refractivity contribution in [3.63, 3.8) is 0 Å². The van der Waals surface area contributed by atoms with Crippen LogP contribution in [0.2, 0.25) is 0 Å². The van der Waals surface area contributed by atoms with Crippen molar-refractivity contribution in [2.24, 2.45) is 11.8 Å². The van der Waals surface area contributed by atoms with Gasteiger partial charge in [0.25, 0.3) is 0 Å². The fourth-order valence-electron chi connectivity index (χ4n) is 2.09. The zero-order valence-electron chi connectivity index (χ0n) is 10.7. The monoisotopic (exact) mass is 255 g/mol. The van der Waals surface area contributed by atoms with Crippen molar-refractivity contribution in [2.45, 2.75) is 18.9 Å². The second-order valence-electron chi connectivity index (χ2n) is 4.90. The summed E-state index contributed by atoms with van der Waals surface area (Å²) in [4.78, 5) is 23.2. The highest BCUT2D eigenvalue weighted by Gasteiger charge is 2.33. The van der Waals surface area contributed by atoms with Crippen molar-refractivity contribution in [3.05, 3.63) is 0 Å². The van der Waals surface area contributed by atoms with Crippen LogP contribution in [-0.4, -0.2) is 51.2 Å². The Kier molecular flexibility index (Phi) is 4.54. The molecule has 0 aromatic carbocycles. The lowest BCUT2D eigenvalue weighted by atomic mass is 10.0. The molecule has 1 aliphatic carbocycles. The van der Waals surface area contributed by atoms with Gasteiger partial charge in [0.2, 0.25) is 11.8 Å². The first-order chi connectivity index (χ1) is 8.72. The maximum absolute atomic E-state index is 11.9. The highest BCUT2D eigenvalue weighted by atomic mass is 16.5. The summed E-state index contributed by atoms with van der Waals surface area (Å²) in [6.45, 7) is 2.02. The average molecular weight is 255 g/mol. The van der Waals surface area contributed by atoms with Crippen LogP contribution in [0.3, 0.4) is 0 Å². The van der Waals surface area contributed by atoms with Crippen LogP contribution in [0.25, 0.3) is 0 Å². The van der Waals surface area contributed by atoms with E-state index in [1.807, 2.05) is 7.05 Å². The van der Waals surface area contributed by atoms with Gasteiger partial charge in [0.05, 0.1) is 19.1 Å². The van der Waals surface area contributed by atoms with E-state index in [1.54, 1.807) is 0 Å². The van der Waals surface area contributed by atoms with E-state index in [-0.39, 0.29) is 29.7 Å². The van der Waals surface area contributed by atoms with E-state index in [4.69, 9.17) is 4.74 Å². The van der Waals surface area contributed by atoms with Crippen LogP contribution in [0.4, 0.5) is 0 Å². The summed E-state index contributed by atoms with van der Waals surface area (Å²) in [7, 11) is 1.83. The van der Waals surface area contributed by atoms with Crippen molar-refractivity contribution in [2.75, 3.05) is 33.4 Å². The average Bonchev–Trinajstić information content (AvgIpc) is 3.11. The third-order valence-corrected chi connectivity index (χ3v) is 3.46. The van der Waals surface area contributed by atoms with E-state index in [0.717, 1.165) is 12.8 Å². The molecule has 2 unspecified atom stereocenters. The van der Waals surface area contributed by atoms with Crippen molar-refractivity contribution < 1.29 is 14.3 Å². The van der Waals surface area contributed by atoms with Crippen LogP contribution in [0.1, 0.15) is 12.8 Å². The van der Waals surface area contributed by atoms with Gasteiger partial charge in [-0.05, 0) is 19.9 Å². The van der Waals surface area contributed by atoms with Gasteiger partial charge in [0.15, 0.2) is 0 Å². The van der Waals surface area contributed by atoms with E-state index < -0.39 is 0 Å². The number of hydrogen-bond acceptors (Lipinski definition) is 4. The molecule has 3 N–H and O–H groups in total. The molecule has 1 aliphatic heterocycles. The third-order valence-electron chi connectivity index (χ3n) is 3.46. The Labute approximate surface area is 107 Å². The number of carbonyl (C=O) groups excluding carboxylic acids is 2.